The molecule has 152 valence electrons. The average molecular weight is 441 g/mol. The molecule has 1 aliphatic rings. The Morgan fingerprint density at radius 1 is 1.13 bits per heavy atom. The largest absolute Gasteiger partial charge is 0.468 e. The number of carbonyl (C=O) groups excluding carboxylic acids is 3. The van der Waals surface area contributed by atoms with Gasteiger partial charge in [-0.05, 0) is 35.5 Å². The molecule has 0 saturated carbocycles. The van der Waals surface area contributed by atoms with Crippen LogP contribution in [0.15, 0.2) is 59.6 Å². The fourth-order valence-corrected chi connectivity index (χ4v) is 4.32. The van der Waals surface area contributed by atoms with Gasteiger partial charge in [-0.25, -0.2) is 0 Å². The van der Waals surface area contributed by atoms with Crippen molar-refractivity contribution in [1.29, 1.82) is 0 Å². The lowest BCUT2D eigenvalue weighted by Crippen LogP contribution is -2.27. The molecule has 0 atom stereocenters. The minimum atomic E-state index is -0.373. The van der Waals surface area contributed by atoms with Gasteiger partial charge in [-0.1, -0.05) is 48.0 Å². The second-order valence-electron chi connectivity index (χ2n) is 6.66. The highest BCUT2D eigenvalue weighted by atomic mass is 35.5. The molecular weight excluding hydrogens is 424 g/mol. The van der Waals surface area contributed by atoms with E-state index in [0.717, 1.165) is 28.2 Å². The normalized spacial score (nSPS) is 15.4. The summed E-state index contributed by atoms with van der Waals surface area (Å²) in [6.45, 7) is 0.171. The Morgan fingerprint density at radius 2 is 1.87 bits per heavy atom. The van der Waals surface area contributed by atoms with Crippen molar-refractivity contribution in [2.24, 2.45) is 0 Å². The van der Waals surface area contributed by atoms with Gasteiger partial charge in [0, 0.05) is 27.7 Å². The first-order valence-corrected chi connectivity index (χ1v) is 10.3. The van der Waals surface area contributed by atoms with Crippen LogP contribution in [0.5, 0.6) is 0 Å². The lowest BCUT2D eigenvalue weighted by Gasteiger charge is -2.13. The topological polar surface area (TPSA) is 68.6 Å². The van der Waals surface area contributed by atoms with Crippen LogP contribution >= 0.6 is 23.4 Å². The van der Waals surface area contributed by atoms with E-state index < -0.39 is 0 Å². The molecule has 2 heterocycles. The molecule has 2 aromatic carbocycles. The van der Waals surface area contributed by atoms with Crippen molar-refractivity contribution in [1.82, 2.24) is 9.47 Å². The summed E-state index contributed by atoms with van der Waals surface area (Å²) in [5.74, 6) is -0.739. The van der Waals surface area contributed by atoms with Crippen LogP contribution in [0.25, 0.3) is 17.0 Å². The number of thioether (sulfide) groups is 1. The molecule has 1 fully saturated rings. The van der Waals surface area contributed by atoms with Crippen LogP contribution < -0.4 is 0 Å². The van der Waals surface area contributed by atoms with E-state index in [1.165, 1.54) is 12.0 Å². The summed E-state index contributed by atoms with van der Waals surface area (Å²) in [6, 6.07) is 14.7. The standard InChI is InChI=1S/C22H17ClN2O4S/c1-29-20(26)13-24-11-15(16-7-3-5-9-18(16)24)10-19-21(27)25(22(28)30-19)12-14-6-2-4-8-17(14)23/h2-11H,12-13H2,1H3/b19-10-. The lowest BCUT2D eigenvalue weighted by atomic mass is 10.1. The minimum absolute atomic E-state index is 0.0544. The Hall–Kier alpha value is -3.03. The quantitative estimate of drug-likeness (QED) is 0.424. The fourth-order valence-electron chi connectivity index (χ4n) is 3.30. The third-order valence-electron chi connectivity index (χ3n) is 4.79. The predicted octanol–water partition coefficient (Wildman–Crippen LogP) is 4.70. The zero-order valence-corrected chi connectivity index (χ0v) is 17.6. The maximum absolute atomic E-state index is 12.9. The van der Waals surface area contributed by atoms with E-state index >= 15 is 0 Å². The van der Waals surface area contributed by atoms with E-state index in [0.29, 0.717) is 15.5 Å². The van der Waals surface area contributed by atoms with Gasteiger partial charge in [-0.15, -0.1) is 0 Å². The molecule has 0 aliphatic carbocycles. The van der Waals surface area contributed by atoms with Crippen LogP contribution in [0.1, 0.15) is 11.1 Å². The molecule has 30 heavy (non-hydrogen) atoms. The number of amides is 2. The van der Waals surface area contributed by atoms with Crippen LogP contribution in [0.2, 0.25) is 5.02 Å². The van der Waals surface area contributed by atoms with Crippen LogP contribution in [0.4, 0.5) is 4.79 Å². The number of halogens is 1. The molecule has 1 aromatic heterocycles. The monoisotopic (exact) mass is 440 g/mol. The number of fused-ring (bicyclic) bond motifs is 1. The highest BCUT2D eigenvalue weighted by Crippen LogP contribution is 2.35. The van der Waals surface area contributed by atoms with Gasteiger partial charge in [0.05, 0.1) is 18.6 Å². The number of para-hydroxylation sites is 1. The Bertz CT molecular complexity index is 1200. The summed E-state index contributed by atoms with van der Waals surface area (Å²) >= 11 is 7.07. The number of carbonyl (C=O) groups is 3. The Labute approximate surface area is 182 Å². The molecule has 0 spiro atoms. The second kappa shape index (κ2) is 8.38. The van der Waals surface area contributed by atoms with Crippen molar-refractivity contribution in [3.05, 3.63) is 75.8 Å². The molecule has 0 unspecified atom stereocenters. The maximum Gasteiger partial charge on any atom is 0.325 e. The van der Waals surface area contributed by atoms with Crippen molar-refractivity contribution in [2.75, 3.05) is 7.11 Å². The first-order chi connectivity index (χ1) is 14.5. The van der Waals surface area contributed by atoms with Gasteiger partial charge in [0.1, 0.15) is 6.54 Å². The van der Waals surface area contributed by atoms with E-state index in [4.69, 9.17) is 16.3 Å². The van der Waals surface area contributed by atoms with Gasteiger partial charge in [0.2, 0.25) is 0 Å². The summed E-state index contributed by atoms with van der Waals surface area (Å²) < 4.78 is 6.53. The zero-order chi connectivity index (χ0) is 21.3. The minimum Gasteiger partial charge on any atom is -0.468 e. The predicted molar refractivity (Wildman–Crippen MR) is 117 cm³/mol. The molecule has 0 bridgehead atoms. The number of imide groups is 1. The summed E-state index contributed by atoms with van der Waals surface area (Å²) in [5.41, 5.74) is 2.29. The Kier molecular flexibility index (Phi) is 5.65. The van der Waals surface area contributed by atoms with Crippen LogP contribution in [-0.4, -0.2) is 33.7 Å². The van der Waals surface area contributed by atoms with E-state index in [9.17, 15) is 14.4 Å². The Balaban J connectivity index is 1.66. The molecule has 8 heteroatoms. The van der Waals surface area contributed by atoms with Gasteiger partial charge in [0.25, 0.3) is 11.1 Å². The van der Waals surface area contributed by atoms with Crippen molar-refractivity contribution in [2.45, 2.75) is 13.1 Å². The molecule has 2 amide bonds. The van der Waals surface area contributed by atoms with E-state index in [-0.39, 0.29) is 30.2 Å². The molecule has 6 nitrogen and oxygen atoms in total. The summed E-state index contributed by atoms with van der Waals surface area (Å²) in [7, 11) is 1.34. The average Bonchev–Trinajstić information content (AvgIpc) is 3.22. The Morgan fingerprint density at radius 3 is 2.63 bits per heavy atom. The number of hydrogen-bond acceptors (Lipinski definition) is 5. The van der Waals surface area contributed by atoms with Gasteiger partial charge in [0.15, 0.2) is 0 Å². The first-order valence-electron chi connectivity index (χ1n) is 9.11. The highest BCUT2D eigenvalue weighted by molar-refractivity contribution is 8.18. The highest BCUT2D eigenvalue weighted by Gasteiger charge is 2.35. The molecule has 1 aliphatic heterocycles. The van der Waals surface area contributed by atoms with Crippen LogP contribution in [-0.2, 0) is 27.4 Å². The number of nitrogens with zero attached hydrogens (tertiary/aromatic N) is 2. The van der Waals surface area contributed by atoms with Gasteiger partial charge in [-0.3, -0.25) is 19.3 Å². The van der Waals surface area contributed by atoms with Crippen molar-refractivity contribution in [3.8, 4) is 0 Å². The summed E-state index contributed by atoms with van der Waals surface area (Å²) in [5, 5.41) is 1.04. The number of methoxy groups -OCH3 is 1. The number of ether oxygens (including phenoxy) is 1. The van der Waals surface area contributed by atoms with Crippen LogP contribution in [0, 0.1) is 0 Å². The first kappa shape index (κ1) is 20.3. The smallest absolute Gasteiger partial charge is 0.325 e. The van der Waals surface area contributed by atoms with Crippen LogP contribution in [0.3, 0.4) is 0 Å². The summed E-state index contributed by atoms with van der Waals surface area (Å²) in [6.07, 6.45) is 3.47. The second-order valence-corrected chi connectivity index (χ2v) is 8.07. The van der Waals surface area contributed by atoms with E-state index in [2.05, 4.69) is 0 Å². The van der Waals surface area contributed by atoms with Gasteiger partial charge in [-0.2, -0.15) is 0 Å². The zero-order valence-electron chi connectivity index (χ0n) is 16.0. The third kappa shape index (κ3) is 3.86. The number of rotatable bonds is 5. The van der Waals surface area contributed by atoms with Crippen molar-refractivity contribution < 1.29 is 19.1 Å². The molecule has 0 N–H and O–H groups in total. The molecule has 3 aromatic rings. The number of esters is 1. The number of benzene rings is 2. The fraction of sp³-hybridized carbons (Fsp3) is 0.136. The number of aromatic nitrogens is 1. The SMILES string of the molecule is COC(=O)Cn1cc(/C=C2\SC(=O)N(Cc3ccccc3Cl)C2=O)c2ccccc21. The molecule has 1 saturated heterocycles. The maximum atomic E-state index is 12.9. The van der Waals surface area contributed by atoms with Gasteiger partial charge < -0.3 is 9.30 Å². The number of hydrogen-bond donors (Lipinski definition) is 0. The molecular formula is C22H17ClN2O4S. The van der Waals surface area contributed by atoms with E-state index in [1.54, 1.807) is 35.0 Å². The lowest BCUT2D eigenvalue weighted by molar-refractivity contribution is -0.141. The van der Waals surface area contributed by atoms with Gasteiger partial charge >= 0.3 is 5.97 Å². The van der Waals surface area contributed by atoms with Crippen molar-refractivity contribution in [3.63, 3.8) is 0 Å². The molecule has 4 rings (SSSR count). The summed E-state index contributed by atoms with van der Waals surface area (Å²) in [4.78, 5) is 38.6. The van der Waals surface area contributed by atoms with E-state index in [1.807, 2.05) is 30.3 Å². The van der Waals surface area contributed by atoms with Crippen molar-refractivity contribution >= 4 is 57.5 Å². The molecule has 0 radical (unpaired) electrons. The third-order valence-corrected chi connectivity index (χ3v) is 6.07.